The van der Waals surface area contributed by atoms with Gasteiger partial charge in [-0.2, -0.15) is 0 Å². The third-order valence-corrected chi connectivity index (χ3v) is 27.5. The molecule has 4 nitrogen and oxygen atoms in total. The van der Waals surface area contributed by atoms with Crippen LogP contribution in [0.2, 0.25) is 0 Å². The maximum absolute atomic E-state index is 6.53. The highest BCUT2D eigenvalue weighted by Crippen LogP contribution is 2.57. The molecule has 21 aromatic rings. The fraction of sp³-hybridized carbons (Fsp3) is 0.0756. The quantitative estimate of drug-likeness (QED) is 0.115. The number of rotatable bonds is 13. The number of hydrogen-bond acceptors (Lipinski definition) is 4. The van der Waals surface area contributed by atoms with E-state index in [1.807, 2.05) is 6.07 Å². The van der Waals surface area contributed by atoms with Crippen LogP contribution in [0.15, 0.2) is 409 Å². The number of para-hydroxylation sites is 2. The second-order valence-corrected chi connectivity index (χ2v) is 35.5. The van der Waals surface area contributed by atoms with Gasteiger partial charge in [-0.1, -0.05) is 321 Å². The summed E-state index contributed by atoms with van der Waals surface area (Å²) in [4.78, 5) is 4.88. The second-order valence-electron chi connectivity index (χ2n) is 35.5. The summed E-state index contributed by atoms with van der Waals surface area (Å²) in [6.07, 6.45) is 0. The lowest BCUT2D eigenvalue weighted by molar-refractivity contribution is 0.660. The van der Waals surface area contributed by atoms with Crippen LogP contribution in [0.3, 0.4) is 0 Å². The van der Waals surface area contributed by atoms with Crippen molar-refractivity contribution in [3.8, 4) is 111 Å². The molecule has 0 N–H and O–H groups in total. The molecule has 2 aromatic heterocycles. The maximum Gasteiger partial charge on any atom is 0.143 e. The Balaban J connectivity index is 0.478. The maximum atomic E-state index is 6.53. The number of nitrogens with zero attached hydrogens (tertiary/aromatic N) is 2. The van der Waals surface area contributed by atoms with Crippen molar-refractivity contribution in [3.63, 3.8) is 0 Å². The van der Waals surface area contributed by atoms with Gasteiger partial charge in [0.2, 0.25) is 0 Å². The molecule has 582 valence electrons. The molecule has 3 aliphatic carbocycles. The summed E-state index contributed by atoms with van der Waals surface area (Å²) in [7, 11) is 0. The normalized spacial score (nSPS) is 13.6. The molecule has 4 heteroatoms. The van der Waals surface area contributed by atoms with Gasteiger partial charge in [0.1, 0.15) is 22.3 Å². The molecular formula is C119H84N2O2. The smallest absolute Gasteiger partial charge is 0.143 e. The lowest BCUT2D eigenvalue weighted by Gasteiger charge is -2.29. The molecule has 0 fully saturated rings. The van der Waals surface area contributed by atoms with Gasteiger partial charge in [0.25, 0.3) is 0 Å². The van der Waals surface area contributed by atoms with Crippen molar-refractivity contribution >= 4 is 99.5 Å². The van der Waals surface area contributed by atoms with E-state index in [0.717, 1.165) is 89.1 Å². The van der Waals surface area contributed by atoms with E-state index in [0.29, 0.717) is 0 Å². The molecule has 2 heterocycles. The van der Waals surface area contributed by atoms with E-state index in [2.05, 4.69) is 446 Å². The Bertz CT molecular complexity index is 7900. The fourth-order valence-electron chi connectivity index (χ4n) is 20.9. The summed E-state index contributed by atoms with van der Waals surface area (Å²) < 4.78 is 13.0. The largest absolute Gasteiger partial charge is 0.456 e. The van der Waals surface area contributed by atoms with Crippen molar-refractivity contribution in [2.45, 2.75) is 57.8 Å². The average molecular weight is 1570 g/mol. The van der Waals surface area contributed by atoms with Gasteiger partial charge in [-0.25, -0.2) is 0 Å². The standard InChI is InChI=1S/C119H84N2O2/c1-117(2)106-66-84(73-19-9-7-10-20-73)45-57-95(106)98-60-54-90(69-109(98)117)120(89-52-43-82(44-53-89)103-72-104-101-26-17-18-28-112(101)123-116(104)102-27-16-15-25-94(102)103)88-50-41-79(42-51-88)78-35-33-75(34-36-78)74-29-31-76(32-30-74)77-37-39-80(40-38-77)85-46-58-96-99-61-55-91(70-110(99)118(3,4)107(96)67-85)121(87-22-11-8-12-23-87)92-56-62-100-97-59-47-86(68-108(97)119(5,6)111(100)71-92)83-49-63-113-105(65-83)115-93-24-14-13-21-81(93)48-64-114(115)122-113/h7-72H,1-6H3. The Morgan fingerprint density at radius 1 is 0.179 bits per heavy atom. The molecule has 3 aliphatic rings. The topological polar surface area (TPSA) is 32.8 Å². The van der Waals surface area contributed by atoms with Crippen molar-refractivity contribution in [2.24, 2.45) is 0 Å². The zero-order valence-corrected chi connectivity index (χ0v) is 69.3. The zero-order valence-electron chi connectivity index (χ0n) is 69.3. The van der Waals surface area contributed by atoms with Crippen molar-refractivity contribution in [2.75, 3.05) is 9.80 Å². The van der Waals surface area contributed by atoms with Crippen LogP contribution >= 0.6 is 0 Å². The molecule has 0 atom stereocenters. The molecule has 123 heavy (non-hydrogen) atoms. The van der Waals surface area contributed by atoms with E-state index in [-0.39, 0.29) is 16.2 Å². The van der Waals surface area contributed by atoms with Crippen molar-refractivity contribution in [1.29, 1.82) is 0 Å². The molecule has 0 saturated heterocycles. The fourth-order valence-corrected chi connectivity index (χ4v) is 20.9. The Morgan fingerprint density at radius 2 is 0.496 bits per heavy atom. The Morgan fingerprint density at radius 3 is 0.992 bits per heavy atom. The molecule has 0 bridgehead atoms. The third kappa shape index (κ3) is 11.5. The molecule has 24 rings (SSSR count). The van der Waals surface area contributed by atoms with Crippen molar-refractivity contribution in [1.82, 2.24) is 0 Å². The number of benzene rings is 19. The van der Waals surface area contributed by atoms with E-state index in [1.54, 1.807) is 0 Å². The number of anilines is 6. The second kappa shape index (κ2) is 27.5. The summed E-state index contributed by atoms with van der Waals surface area (Å²) in [5.74, 6) is 0. The molecule has 0 aliphatic heterocycles. The minimum Gasteiger partial charge on any atom is -0.456 e. The van der Waals surface area contributed by atoms with Crippen LogP contribution in [0.5, 0.6) is 0 Å². The molecule has 0 spiro atoms. The summed E-state index contributed by atoms with van der Waals surface area (Å²) >= 11 is 0. The first-order chi connectivity index (χ1) is 60.2. The SMILES string of the molecule is CC1(C)c2cc(-c3ccccc3)ccc2-c2ccc(N(c3ccc(-c4ccc(-c5ccc(-c6ccc(-c7ccc8c(c7)C(C)(C)c7cc(N(c9ccccc9)c9ccc%10c(c9)C(C)(C)c9cc(-c%11ccc%12oc%13ccc%14ccccc%14c%13c%12c%11)ccc9-%10)ccc7-8)cc6)cc5)cc4)cc3)c3ccc(-c4cc5c6ccccc6oc5c5ccccc45)cc3)cc21. The van der Waals surface area contributed by atoms with Gasteiger partial charge in [0.15, 0.2) is 0 Å². The van der Waals surface area contributed by atoms with Gasteiger partial charge in [-0.3, -0.25) is 0 Å². The molecule has 0 amide bonds. The predicted molar refractivity (Wildman–Crippen MR) is 516 cm³/mol. The first kappa shape index (κ1) is 72.0. The summed E-state index contributed by atoms with van der Waals surface area (Å²) in [5, 5.41) is 9.28. The van der Waals surface area contributed by atoms with Crippen LogP contribution in [0.1, 0.15) is 74.9 Å². The third-order valence-electron chi connectivity index (χ3n) is 27.5. The predicted octanol–water partition coefficient (Wildman–Crippen LogP) is 33.3. The van der Waals surface area contributed by atoms with Crippen LogP contribution in [-0.2, 0) is 16.2 Å². The Hall–Kier alpha value is -15.1. The van der Waals surface area contributed by atoms with Crippen molar-refractivity contribution < 1.29 is 8.83 Å². The number of fused-ring (bicyclic) bond motifs is 19. The molecule has 19 aromatic carbocycles. The average Bonchev–Trinajstić information content (AvgIpc) is 1.58. The van der Waals surface area contributed by atoms with Gasteiger partial charge >= 0.3 is 0 Å². The van der Waals surface area contributed by atoms with Gasteiger partial charge in [-0.15, -0.1) is 0 Å². The highest BCUT2D eigenvalue weighted by Gasteiger charge is 2.40. The first-order valence-electron chi connectivity index (χ1n) is 43.0. The van der Waals surface area contributed by atoms with Gasteiger partial charge in [0, 0.05) is 77.3 Å². The minimum atomic E-state index is -0.257. The van der Waals surface area contributed by atoms with E-state index in [9.17, 15) is 0 Å². The minimum absolute atomic E-state index is 0.229. The molecule has 0 radical (unpaired) electrons. The van der Waals surface area contributed by atoms with Crippen LogP contribution in [0.25, 0.3) is 177 Å². The van der Waals surface area contributed by atoms with Crippen LogP contribution in [0.4, 0.5) is 34.1 Å². The van der Waals surface area contributed by atoms with Gasteiger partial charge in [-0.05, 0) is 282 Å². The number of hydrogen-bond donors (Lipinski definition) is 0. The Labute approximate surface area is 716 Å². The monoisotopic (exact) mass is 1570 g/mol. The summed E-state index contributed by atoms with van der Waals surface area (Å²) in [6, 6.07) is 149. The highest BCUT2D eigenvalue weighted by molar-refractivity contribution is 6.21. The van der Waals surface area contributed by atoms with Gasteiger partial charge < -0.3 is 18.6 Å². The van der Waals surface area contributed by atoms with E-state index in [1.165, 1.54) is 155 Å². The van der Waals surface area contributed by atoms with E-state index >= 15 is 0 Å². The Kier molecular flexibility index (Phi) is 16.1. The molecule has 0 saturated carbocycles. The number of furan rings is 2. The highest BCUT2D eigenvalue weighted by atomic mass is 16.3. The first-order valence-corrected chi connectivity index (χ1v) is 43.0. The lowest BCUT2D eigenvalue weighted by atomic mass is 9.81. The van der Waals surface area contributed by atoms with E-state index in [4.69, 9.17) is 8.83 Å². The molecular weight excluding hydrogens is 1490 g/mol. The van der Waals surface area contributed by atoms with Gasteiger partial charge in [0.05, 0.1) is 0 Å². The van der Waals surface area contributed by atoms with Crippen LogP contribution in [0, 0.1) is 0 Å². The zero-order chi connectivity index (χ0) is 82.1. The molecule has 0 unspecified atom stereocenters. The van der Waals surface area contributed by atoms with E-state index < -0.39 is 0 Å². The summed E-state index contributed by atoms with van der Waals surface area (Å²) in [5.41, 5.74) is 42.0. The lowest BCUT2D eigenvalue weighted by Crippen LogP contribution is -2.18. The van der Waals surface area contributed by atoms with Crippen molar-refractivity contribution in [3.05, 3.63) is 434 Å². The summed E-state index contributed by atoms with van der Waals surface area (Å²) in [6.45, 7) is 14.4. The van der Waals surface area contributed by atoms with Crippen LogP contribution < -0.4 is 9.80 Å². The van der Waals surface area contributed by atoms with Crippen LogP contribution in [-0.4, -0.2) is 0 Å².